The molecule has 0 bridgehead atoms. The average Bonchev–Trinajstić information content (AvgIpc) is 3.09. The van der Waals surface area contributed by atoms with E-state index in [2.05, 4.69) is 51.1 Å². The molecule has 0 aliphatic rings. The van der Waals surface area contributed by atoms with Crippen molar-refractivity contribution in [2.24, 2.45) is 0 Å². The Hall–Kier alpha value is -2.86. The molecule has 4 aromatic rings. The Labute approximate surface area is 168 Å². The summed E-state index contributed by atoms with van der Waals surface area (Å²) in [6.07, 6.45) is 0. The standard InChI is InChI=1S/C22H22N4OS/c1-13-8-9-17-11-16(4)21-24-25-22(26(21)18(17)10-13)28-12-19(27)23-20-14(2)6-5-7-15(20)3/h5-11H,12H2,1-4H3,(H,23,27). The molecule has 0 saturated heterocycles. The third-order valence-electron chi connectivity index (χ3n) is 4.86. The maximum absolute atomic E-state index is 12.5. The average molecular weight is 391 g/mol. The van der Waals surface area contributed by atoms with Crippen molar-refractivity contribution in [2.45, 2.75) is 32.9 Å². The third kappa shape index (κ3) is 3.36. The summed E-state index contributed by atoms with van der Waals surface area (Å²) in [5, 5.41) is 13.6. The van der Waals surface area contributed by atoms with E-state index in [9.17, 15) is 4.79 Å². The van der Waals surface area contributed by atoms with Crippen LogP contribution in [0.2, 0.25) is 0 Å². The first kappa shape index (κ1) is 18.5. The predicted octanol–water partition coefficient (Wildman–Crippen LogP) is 4.85. The lowest BCUT2D eigenvalue weighted by atomic mass is 10.1. The molecule has 28 heavy (non-hydrogen) atoms. The minimum atomic E-state index is -0.0488. The monoisotopic (exact) mass is 390 g/mol. The summed E-state index contributed by atoms with van der Waals surface area (Å²) in [5.41, 5.74) is 7.13. The molecule has 142 valence electrons. The number of anilines is 1. The van der Waals surface area contributed by atoms with Gasteiger partial charge < -0.3 is 5.32 Å². The Morgan fingerprint density at radius 2 is 1.75 bits per heavy atom. The molecule has 2 aromatic carbocycles. The fourth-order valence-corrected chi connectivity index (χ4v) is 4.17. The zero-order valence-corrected chi connectivity index (χ0v) is 17.2. The highest BCUT2D eigenvalue weighted by Crippen LogP contribution is 2.27. The zero-order chi connectivity index (χ0) is 19.8. The molecular formula is C22H22N4OS. The van der Waals surface area contributed by atoms with E-state index in [1.807, 2.05) is 39.0 Å². The molecule has 0 atom stereocenters. The van der Waals surface area contributed by atoms with Crippen molar-refractivity contribution < 1.29 is 4.79 Å². The van der Waals surface area contributed by atoms with Gasteiger partial charge in [0.1, 0.15) is 0 Å². The molecule has 6 heteroatoms. The van der Waals surface area contributed by atoms with Gasteiger partial charge >= 0.3 is 0 Å². The Morgan fingerprint density at radius 1 is 1.00 bits per heavy atom. The Balaban J connectivity index is 1.63. The van der Waals surface area contributed by atoms with Gasteiger partial charge in [-0.1, -0.05) is 42.1 Å². The van der Waals surface area contributed by atoms with Crippen molar-refractivity contribution in [1.82, 2.24) is 14.6 Å². The van der Waals surface area contributed by atoms with E-state index in [4.69, 9.17) is 0 Å². The highest BCUT2D eigenvalue weighted by Gasteiger charge is 2.15. The van der Waals surface area contributed by atoms with Gasteiger partial charge in [-0.15, -0.1) is 10.2 Å². The maximum atomic E-state index is 12.5. The van der Waals surface area contributed by atoms with Crippen LogP contribution in [-0.4, -0.2) is 26.3 Å². The van der Waals surface area contributed by atoms with Crippen molar-refractivity contribution in [3.63, 3.8) is 0 Å². The fourth-order valence-electron chi connectivity index (χ4n) is 3.42. The largest absolute Gasteiger partial charge is 0.325 e. The van der Waals surface area contributed by atoms with E-state index >= 15 is 0 Å². The number of nitrogens with one attached hydrogen (secondary N) is 1. The summed E-state index contributed by atoms with van der Waals surface area (Å²) >= 11 is 1.40. The molecular weight excluding hydrogens is 368 g/mol. The van der Waals surface area contributed by atoms with Crippen LogP contribution < -0.4 is 5.32 Å². The van der Waals surface area contributed by atoms with Crippen molar-refractivity contribution in [1.29, 1.82) is 0 Å². The SMILES string of the molecule is Cc1ccc2cc(C)c3nnc(SCC(=O)Nc4c(C)cccc4C)n3c2c1. The highest BCUT2D eigenvalue weighted by atomic mass is 32.2. The molecule has 0 aliphatic carbocycles. The van der Waals surface area contributed by atoms with E-state index in [-0.39, 0.29) is 11.7 Å². The molecule has 5 nitrogen and oxygen atoms in total. The summed E-state index contributed by atoms with van der Waals surface area (Å²) in [6.45, 7) is 8.10. The number of amides is 1. The van der Waals surface area contributed by atoms with E-state index in [0.29, 0.717) is 0 Å². The molecule has 2 heterocycles. The Morgan fingerprint density at radius 3 is 2.50 bits per heavy atom. The minimum absolute atomic E-state index is 0.0488. The lowest BCUT2D eigenvalue weighted by Gasteiger charge is -2.11. The summed E-state index contributed by atoms with van der Waals surface area (Å²) in [7, 11) is 0. The van der Waals surface area contributed by atoms with Gasteiger partial charge in [0.15, 0.2) is 10.8 Å². The number of nitrogens with zero attached hydrogens (tertiary/aromatic N) is 3. The van der Waals surface area contributed by atoms with Crippen LogP contribution in [0.25, 0.3) is 16.6 Å². The molecule has 0 aliphatic heterocycles. The van der Waals surface area contributed by atoms with Crippen molar-refractivity contribution >= 4 is 39.9 Å². The Kier molecular flexibility index (Phi) is 4.81. The van der Waals surface area contributed by atoms with E-state index in [0.717, 1.165) is 44.1 Å². The molecule has 4 rings (SSSR count). The number of pyridine rings is 1. The summed E-state index contributed by atoms with van der Waals surface area (Å²) in [6, 6.07) is 14.5. The van der Waals surface area contributed by atoms with E-state index in [1.54, 1.807) is 0 Å². The molecule has 0 radical (unpaired) electrons. The number of thioether (sulfide) groups is 1. The second-order valence-corrected chi connectivity index (χ2v) is 8.08. The molecule has 0 unspecified atom stereocenters. The van der Waals surface area contributed by atoms with Gasteiger partial charge in [0, 0.05) is 5.69 Å². The van der Waals surface area contributed by atoms with Gasteiger partial charge in [-0.3, -0.25) is 9.20 Å². The number of carbonyl (C=O) groups is 1. The highest BCUT2D eigenvalue weighted by molar-refractivity contribution is 7.99. The number of carbonyl (C=O) groups excluding carboxylic acids is 1. The summed E-state index contributed by atoms with van der Waals surface area (Å²) in [4.78, 5) is 12.5. The van der Waals surface area contributed by atoms with Crippen LogP contribution in [0.4, 0.5) is 5.69 Å². The maximum Gasteiger partial charge on any atom is 0.234 e. The number of hydrogen-bond donors (Lipinski definition) is 1. The number of aromatic nitrogens is 3. The van der Waals surface area contributed by atoms with Gasteiger partial charge in [0.2, 0.25) is 5.91 Å². The number of benzene rings is 2. The van der Waals surface area contributed by atoms with Crippen LogP contribution in [0.5, 0.6) is 0 Å². The van der Waals surface area contributed by atoms with Gasteiger partial charge in [-0.25, -0.2) is 0 Å². The van der Waals surface area contributed by atoms with Gasteiger partial charge in [0.25, 0.3) is 0 Å². The van der Waals surface area contributed by atoms with Crippen LogP contribution in [0, 0.1) is 27.7 Å². The fraction of sp³-hybridized carbons (Fsp3) is 0.227. The smallest absolute Gasteiger partial charge is 0.234 e. The molecule has 0 fully saturated rings. The lowest BCUT2D eigenvalue weighted by Crippen LogP contribution is -2.16. The quantitative estimate of drug-likeness (QED) is 0.506. The molecule has 0 spiro atoms. The van der Waals surface area contributed by atoms with Crippen molar-refractivity contribution in [3.05, 3.63) is 64.7 Å². The van der Waals surface area contributed by atoms with Crippen LogP contribution >= 0.6 is 11.8 Å². The normalized spacial score (nSPS) is 11.3. The zero-order valence-electron chi connectivity index (χ0n) is 16.4. The predicted molar refractivity (Wildman–Crippen MR) is 115 cm³/mol. The third-order valence-corrected chi connectivity index (χ3v) is 5.79. The second-order valence-electron chi connectivity index (χ2n) is 7.13. The molecule has 1 N–H and O–H groups in total. The first-order valence-corrected chi connectivity index (χ1v) is 10.2. The van der Waals surface area contributed by atoms with E-state index in [1.165, 1.54) is 17.3 Å². The van der Waals surface area contributed by atoms with Gasteiger partial charge in [-0.2, -0.15) is 0 Å². The number of rotatable bonds is 4. The van der Waals surface area contributed by atoms with Crippen molar-refractivity contribution in [3.8, 4) is 0 Å². The topological polar surface area (TPSA) is 59.3 Å². The van der Waals surface area contributed by atoms with Crippen LogP contribution in [-0.2, 0) is 4.79 Å². The molecule has 0 saturated carbocycles. The summed E-state index contributed by atoms with van der Waals surface area (Å²) < 4.78 is 2.05. The van der Waals surface area contributed by atoms with Crippen molar-refractivity contribution in [2.75, 3.05) is 11.1 Å². The number of para-hydroxylation sites is 1. The van der Waals surface area contributed by atoms with Crippen LogP contribution in [0.3, 0.4) is 0 Å². The number of fused-ring (bicyclic) bond motifs is 3. The van der Waals surface area contributed by atoms with Crippen LogP contribution in [0.1, 0.15) is 22.3 Å². The number of hydrogen-bond acceptors (Lipinski definition) is 4. The van der Waals surface area contributed by atoms with Gasteiger partial charge in [-0.05, 0) is 67.5 Å². The number of aryl methyl sites for hydroxylation is 4. The van der Waals surface area contributed by atoms with Gasteiger partial charge in [0.05, 0.1) is 11.3 Å². The Bertz CT molecular complexity index is 1190. The molecule has 1 amide bonds. The van der Waals surface area contributed by atoms with E-state index < -0.39 is 0 Å². The second kappa shape index (κ2) is 7.28. The lowest BCUT2D eigenvalue weighted by molar-refractivity contribution is -0.113. The van der Waals surface area contributed by atoms with Crippen LogP contribution in [0.15, 0.2) is 47.6 Å². The first-order valence-electron chi connectivity index (χ1n) is 9.18. The first-order chi connectivity index (χ1) is 13.4. The molecule has 2 aromatic heterocycles. The summed E-state index contributed by atoms with van der Waals surface area (Å²) in [5.74, 6) is 0.225. The minimum Gasteiger partial charge on any atom is -0.325 e.